The molecule has 25 heavy (non-hydrogen) atoms. The Morgan fingerprint density at radius 3 is 2.12 bits per heavy atom. The van der Waals surface area contributed by atoms with Gasteiger partial charge in [0.15, 0.2) is 5.92 Å². The van der Waals surface area contributed by atoms with Crippen LogP contribution in [0.25, 0.3) is 0 Å². The Balaban J connectivity index is 2.07. The van der Waals surface area contributed by atoms with Crippen LogP contribution in [0.15, 0.2) is 54.6 Å². The molecule has 2 aromatic carbocycles. The Kier molecular flexibility index (Phi) is 5.80. The van der Waals surface area contributed by atoms with E-state index in [9.17, 15) is 14.7 Å². The number of hydrogen-bond acceptors (Lipinski definition) is 4. The molecule has 0 radical (unpaired) electrons. The van der Waals surface area contributed by atoms with Crippen LogP contribution >= 0.6 is 0 Å². The third kappa shape index (κ3) is 5.64. The van der Waals surface area contributed by atoms with Gasteiger partial charge in [-0.3, -0.25) is 9.59 Å². The average molecular weight is 342 g/mol. The highest BCUT2D eigenvalue weighted by Crippen LogP contribution is 2.24. The fraction of sp³-hybridized carbons (Fsp3) is 0.300. The van der Waals surface area contributed by atoms with E-state index in [4.69, 9.17) is 9.47 Å². The highest BCUT2D eigenvalue weighted by molar-refractivity contribution is 6.00. The standard InChI is InChI=1S/C20H22O5/c1-20(2,3)25-19(23)17(18(21)22)15-9-11-16(12-10-15)24-13-14-7-5-4-6-8-14/h4-12,17H,13H2,1-3H3,(H,21,22). The van der Waals surface area contributed by atoms with Crippen molar-refractivity contribution >= 4 is 11.9 Å². The molecular weight excluding hydrogens is 320 g/mol. The second-order valence-electron chi connectivity index (χ2n) is 6.65. The van der Waals surface area contributed by atoms with Gasteiger partial charge in [-0.15, -0.1) is 0 Å². The summed E-state index contributed by atoms with van der Waals surface area (Å²) in [6, 6.07) is 16.2. The summed E-state index contributed by atoms with van der Waals surface area (Å²) in [5.41, 5.74) is 0.640. The number of carbonyl (C=O) groups excluding carboxylic acids is 1. The molecule has 0 fully saturated rings. The molecule has 1 unspecified atom stereocenters. The molecule has 0 aliphatic rings. The number of carbonyl (C=O) groups is 2. The fourth-order valence-corrected chi connectivity index (χ4v) is 2.24. The minimum Gasteiger partial charge on any atom is -0.489 e. The zero-order chi connectivity index (χ0) is 18.4. The molecule has 1 atom stereocenters. The molecule has 0 aromatic heterocycles. The molecule has 5 nitrogen and oxygen atoms in total. The van der Waals surface area contributed by atoms with Crippen molar-refractivity contribution in [2.45, 2.75) is 38.9 Å². The van der Waals surface area contributed by atoms with E-state index in [1.54, 1.807) is 45.0 Å². The Morgan fingerprint density at radius 2 is 1.60 bits per heavy atom. The van der Waals surface area contributed by atoms with Crippen molar-refractivity contribution in [2.75, 3.05) is 0 Å². The summed E-state index contributed by atoms with van der Waals surface area (Å²) in [7, 11) is 0. The molecule has 5 heteroatoms. The van der Waals surface area contributed by atoms with Crippen LogP contribution in [0.1, 0.15) is 37.8 Å². The summed E-state index contributed by atoms with van der Waals surface area (Å²) >= 11 is 0. The molecule has 2 aromatic rings. The Labute approximate surface area is 147 Å². The van der Waals surface area contributed by atoms with Gasteiger partial charge in [0.2, 0.25) is 0 Å². The lowest BCUT2D eigenvalue weighted by atomic mass is 9.99. The monoisotopic (exact) mass is 342 g/mol. The van der Waals surface area contributed by atoms with Gasteiger partial charge in [0.1, 0.15) is 18.0 Å². The highest BCUT2D eigenvalue weighted by atomic mass is 16.6. The second kappa shape index (κ2) is 7.83. The van der Waals surface area contributed by atoms with Crippen LogP contribution in [0, 0.1) is 0 Å². The number of ether oxygens (including phenoxy) is 2. The Morgan fingerprint density at radius 1 is 1.00 bits per heavy atom. The summed E-state index contributed by atoms with van der Waals surface area (Å²) < 4.78 is 10.9. The third-order valence-electron chi connectivity index (χ3n) is 3.35. The van der Waals surface area contributed by atoms with Gasteiger partial charge in [-0.05, 0) is 44.0 Å². The molecule has 0 saturated heterocycles. The number of esters is 1. The minimum absolute atomic E-state index is 0.355. The number of carboxylic acids is 1. The normalized spacial score (nSPS) is 12.3. The third-order valence-corrected chi connectivity index (χ3v) is 3.35. The van der Waals surface area contributed by atoms with E-state index in [1.807, 2.05) is 30.3 Å². The van der Waals surface area contributed by atoms with Crippen LogP contribution in [0.3, 0.4) is 0 Å². The van der Waals surface area contributed by atoms with Crippen LogP contribution in [0.2, 0.25) is 0 Å². The lowest BCUT2D eigenvalue weighted by Crippen LogP contribution is -2.31. The average Bonchev–Trinajstić information content (AvgIpc) is 2.53. The van der Waals surface area contributed by atoms with E-state index in [1.165, 1.54) is 0 Å². The molecule has 0 aliphatic carbocycles. The SMILES string of the molecule is CC(C)(C)OC(=O)C(C(=O)O)c1ccc(OCc2ccccc2)cc1. The molecular formula is C20H22O5. The maximum atomic E-state index is 12.2. The quantitative estimate of drug-likeness (QED) is 0.639. The topological polar surface area (TPSA) is 72.8 Å². The predicted molar refractivity (Wildman–Crippen MR) is 93.4 cm³/mol. The fourth-order valence-electron chi connectivity index (χ4n) is 2.24. The van der Waals surface area contributed by atoms with Crippen molar-refractivity contribution < 1.29 is 24.2 Å². The smallest absolute Gasteiger partial charge is 0.325 e. The second-order valence-corrected chi connectivity index (χ2v) is 6.65. The van der Waals surface area contributed by atoms with E-state index in [0.29, 0.717) is 17.9 Å². The van der Waals surface area contributed by atoms with Crippen LogP contribution in [0.5, 0.6) is 5.75 Å². The molecule has 0 saturated carbocycles. The Hall–Kier alpha value is -2.82. The lowest BCUT2D eigenvalue weighted by molar-refractivity contribution is -0.162. The lowest BCUT2D eigenvalue weighted by Gasteiger charge is -2.22. The molecule has 132 valence electrons. The van der Waals surface area contributed by atoms with Crippen molar-refractivity contribution in [1.82, 2.24) is 0 Å². The molecule has 0 bridgehead atoms. The van der Waals surface area contributed by atoms with Gasteiger partial charge in [0.25, 0.3) is 0 Å². The van der Waals surface area contributed by atoms with Gasteiger partial charge in [-0.2, -0.15) is 0 Å². The molecule has 0 amide bonds. The minimum atomic E-state index is -1.36. The summed E-state index contributed by atoms with van der Waals surface area (Å²) in [4.78, 5) is 23.7. The molecule has 0 spiro atoms. The van der Waals surface area contributed by atoms with Gasteiger partial charge in [0, 0.05) is 0 Å². The van der Waals surface area contributed by atoms with Crippen LogP contribution < -0.4 is 4.74 Å². The summed E-state index contributed by atoms with van der Waals surface area (Å²) in [5.74, 6) is -2.78. The maximum Gasteiger partial charge on any atom is 0.325 e. The van der Waals surface area contributed by atoms with Crippen LogP contribution in [-0.2, 0) is 20.9 Å². The number of benzene rings is 2. The van der Waals surface area contributed by atoms with Crippen molar-refractivity contribution in [3.8, 4) is 5.75 Å². The summed E-state index contributed by atoms with van der Waals surface area (Å²) in [6.45, 7) is 5.51. The molecule has 0 heterocycles. The van der Waals surface area contributed by atoms with Crippen molar-refractivity contribution in [3.63, 3.8) is 0 Å². The van der Waals surface area contributed by atoms with E-state index >= 15 is 0 Å². The van der Waals surface area contributed by atoms with Crippen molar-refractivity contribution in [2.24, 2.45) is 0 Å². The highest BCUT2D eigenvalue weighted by Gasteiger charge is 2.32. The maximum absolute atomic E-state index is 12.2. The van der Waals surface area contributed by atoms with Gasteiger partial charge in [0.05, 0.1) is 0 Å². The Bertz CT molecular complexity index is 714. The summed E-state index contributed by atoms with van der Waals surface area (Å²) in [6.07, 6.45) is 0. The van der Waals surface area contributed by atoms with Crippen LogP contribution in [-0.4, -0.2) is 22.6 Å². The molecule has 2 rings (SSSR count). The number of rotatable bonds is 6. The largest absolute Gasteiger partial charge is 0.489 e. The van der Waals surface area contributed by atoms with E-state index in [2.05, 4.69) is 0 Å². The van der Waals surface area contributed by atoms with Gasteiger partial charge < -0.3 is 14.6 Å². The van der Waals surface area contributed by atoms with E-state index in [0.717, 1.165) is 5.56 Å². The number of aliphatic carboxylic acids is 1. The van der Waals surface area contributed by atoms with Gasteiger partial charge in [-0.1, -0.05) is 42.5 Å². The van der Waals surface area contributed by atoms with Gasteiger partial charge >= 0.3 is 11.9 Å². The summed E-state index contributed by atoms with van der Waals surface area (Å²) in [5, 5.41) is 9.38. The first-order chi connectivity index (χ1) is 11.8. The first-order valence-corrected chi connectivity index (χ1v) is 7.98. The van der Waals surface area contributed by atoms with Crippen molar-refractivity contribution in [3.05, 3.63) is 65.7 Å². The number of carboxylic acid groups (broad SMARTS) is 1. The van der Waals surface area contributed by atoms with Crippen LogP contribution in [0.4, 0.5) is 0 Å². The number of hydrogen-bond donors (Lipinski definition) is 1. The molecule has 0 aliphatic heterocycles. The van der Waals surface area contributed by atoms with E-state index in [-0.39, 0.29) is 0 Å². The van der Waals surface area contributed by atoms with Gasteiger partial charge in [-0.25, -0.2) is 0 Å². The van der Waals surface area contributed by atoms with Crippen molar-refractivity contribution in [1.29, 1.82) is 0 Å². The first kappa shape index (κ1) is 18.5. The van der Waals surface area contributed by atoms with E-state index < -0.39 is 23.5 Å². The molecule has 1 N–H and O–H groups in total. The zero-order valence-electron chi connectivity index (χ0n) is 14.6. The zero-order valence-corrected chi connectivity index (χ0v) is 14.6. The predicted octanol–water partition coefficient (Wildman–Crippen LogP) is 3.78. The first-order valence-electron chi connectivity index (χ1n) is 7.98.